The molecule has 1 saturated carbocycles. The van der Waals surface area contributed by atoms with E-state index in [4.69, 9.17) is 4.74 Å². The normalized spacial score (nSPS) is 15.8. The van der Waals surface area contributed by atoms with Crippen molar-refractivity contribution in [2.24, 2.45) is 0 Å². The van der Waals surface area contributed by atoms with E-state index >= 15 is 0 Å². The average molecular weight is 428 g/mol. The van der Waals surface area contributed by atoms with Crippen LogP contribution in [0.2, 0.25) is 0 Å². The molecule has 5 rings (SSSR count). The first-order valence-corrected chi connectivity index (χ1v) is 11.1. The predicted octanol–water partition coefficient (Wildman–Crippen LogP) is 5.14. The van der Waals surface area contributed by atoms with Gasteiger partial charge in [0.05, 0.1) is 17.6 Å². The summed E-state index contributed by atoms with van der Waals surface area (Å²) in [5.74, 6) is 1.97. The number of likely N-dealkylation sites (tertiary alicyclic amines) is 1. The molecule has 2 fully saturated rings. The lowest BCUT2D eigenvalue weighted by atomic mass is 10.1. The second-order valence-electron chi connectivity index (χ2n) is 8.52. The first kappa shape index (κ1) is 20.4. The Morgan fingerprint density at radius 2 is 1.91 bits per heavy atom. The van der Waals surface area contributed by atoms with Crippen LogP contribution in [0, 0.1) is 0 Å². The molecule has 0 radical (unpaired) electrons. The maximum atomic E-state index is 12.1. The van der Waals surface area contributed by atoms with Crippen LogP contribution in [0.5, 0.6) is 11.5 Å². The standard InChI is InChI=1S/C26H25N3O3/c1-17(30)20-6-7-21(16-29-12-2-3-26(29)31)25(13-20)32-22-10-8-19(9-11-22)24-15-27-23(14-28-24)18-4-5-18/h6-11,13-15,18H,2-5,12,16H2,1H3. The number of amides is 1. The van der Waals surface area contributed by atoms with E-state index in [0.717, 1.165) is 35.5 Å². The zero-order valence-corrected chi connectivity index (χ0v) is 18.1. The third-order valence-electron chi connectivity index (χ3n) is 6.05. The number of hydrogen-bond donors (Lipinski definition) is 0. The largest absolute Gasteiger partial charge is 0.457 e. The summed E-state index contributed by atoms with van der Waals surface area (Å²) < 4.78 is 6.17. The predicted molar refractivity (Wildman–Crippen MR) is 121 cm³/mol. The fourth-order valence-electron chi connectivity index (χ4n) is 3.97. The molecule has 1 aliphatic carbocycles. The quantitative estimate of drug-likeness (QED) is 0.488. The SMILES string of the molecule is CC(=O)c1ccc(CN2CCCC2=O)c(Oc2ccc(-c3cnc(C4CC4)cn3)cc2)c1. The number of aromatic nitrogens is 2. The molecule has 6 heteroatoms. The summed E-state index contributed by atoms with van der Waals surface area (Å²) in [4.78, 5) is 34.9. The van der Waals surface area contributed by atoms with Crippen molar-refractivity contribution in [1.29, 1.82) is 0 Å². The van der Waals surface area contributed by atoms with Crippen molar-refractivity contribution in [2.45, 2.75) is 45.1 Å². The van der Waals surface area contributed by atoms with Gasteiger partial charge in [0.15, 0.2) is 5.78 Å². The van der Waals surface area contributed by atoms with Crippen molar-refractivity contribution < 1.29 is 14.3 Å². The molecular weight excluding hydrogens is 402 g/mol. The van der Waals surface area contributed by atoms with Gasteiger partial charge in [-0.05, 0) is 56.5 Å². The number of carbonyl (C=O) groups excluding carboxylic acids is 2. The van der Waals surface area contributed by atoms with Gasteiger partial charge in [-0.25, -0.2) is 0 Å². The van der Waals surface area contributed by atoms with Crippen LogP contribution in [0.15, 0.2) is 54.9 Å². The van der Waals surface area contributed by atoms with Crippen LogP contribution < -0.4 is 4.74 Å². The van der Waals surface area contributed by atoms with Crippen molar-refractivity contribution in [3.63, 3.8) is 0 Å². The Kier molecular flexibility index (Phi) is 5.43. The van der Waals surface area contributed by atoms with Gasteiger partial charge in [-0.2, -0.15) is 0 Å². The lowest BCUT2D eigenvalue weighted by molar-refractivity contribution is -0.128. The number of ether oxygens (including phenoxy) is 1. The molecule has 0 atom stereocenters. The molecule has 162 valence electrons. The molecular formula is C26H25N3O3. The van der Waals surface area contributed by atoms with Crippen LogP contribution in [0.1, 0.15) is 60.1 Å². The molecule has 6 nitrogen and oxygen atoms in total. The summed E-state index contributed by atoms with van der Waals surface area (Å²) in [6, 6.07) is 13.1. The zero-order valence-electron chi connectivity index (χ0n) is 18.1. The topological polar surface area (TPSA) is 72.4 Å². The Morgan fingerprint density at radius 3 is 2.53 bits per heavy atom. The molecule has 1 saturated heterocycles. The second-order valence-corrected chi connectivity index (χ2v) is 8.52. The van der Waals surface area contributed by atoms with E-state index in [1.807, 2.05) is 47.6 Å². The van der Waals surface area contributed by atoms with Crippen LogP contribution >= 0.6 is 0 Å². The summed E-state index contributed by atoms with van der Waals surface area (Å²) >= 11 is 0. The van der Waals surface area contributed by atoms with Crippen LogP contribution in [-0.4, -0.2) is 33.1 Å². The van der Waals surface area contributed by atoms with Crippen molar-refractivity contribution in [1.82, 2.24) is 14.9 Å². The molecule has 0 unspecified atom stereocenters. The highest BCUT2D eigenvalue weighted by Gasteiger charge is 2.25. The molecule has 0 spiro atoms. The zero-order chi connectivity index (χ0) is 22.1. The van der Waals surface area contributed by atoms with Crippen molar-refractivity contribution in [3.05, 3.63) is 71.7 Å². The average Bonchev–Trinajstić information content (AvgIpc) is 3.58. The van der Waals surface area contributed by atoms with Gasteiger partial charge in [-0.15, -0.1) is 0 Å². The smallest absolute Gasteiger partial charge is 0.222 e. The minimum atomic E-state index is -0.0257. The minimum Gasteiger partial charge on any atom is -0.457 e. The second kappa shape index (κ2) is 8.54. The molecule has 3 aromatic rings. The fraction of sp³-hybridized carbons (Fsp3) is 0.308. The van der Waals surface area contributed by atoms with Crippen LogP contribution in [0.3, 0.4) is 0 Å². The Bertz CT molecular complexity index is 1150. The first-order chi connectivity index (χ1) is 15.6. The summed E-state index contributed by atoms with van der Waals surface area (Å²) in [5.41, 5.74) is 4.33. The van der Waals surface area contributed by atoms with Crippen LogP contribution in [0.4, 0.5) is 0 Å². The van der Waals surface area contributed by atoms with Gasteiger partial charge in [-0.3, -0.25) is 19.6 Å². The van der Waals surface area contributed by atoms with Crippen molar-refractivity contribution >= 4 is 11.7 Å². The number of carbonyl (C=O) groups is 2. The maximum absolute atomic E-state index is 12.1. The summed E-state index contributed by atoms with van der Waals surface area (Å²) in [7, 11) is 0. The highest BCUT2D eigenvalue weighted by atomic mass is 16.5. The Hall–Kier alpha value is -3.54. The first-order valence-electron chi connectivity index (χ1n) is 11.1. The summed E-state index contributed by atoms with van der Waals surface area (Å²) in [5, 5.41) is 0. The third kappa shape index (κ3) is 4.40. The molecule has 1 aromatic heterocycles. The van der Waals surface area contributed by atoms with E-state index in [9.17, 15) is 9.59 Å². The van der Waals surface area contributed by atoms with E-state index in [2.05, 4.69) is 9.97 Å². The maximum Gasteiger partial charge on any atom is 0.222 e. The van der Waals surface area contributed by atoms with E-state index in [1.165, 1.54) is 19.8 Å². The van der Waals surface area contributed by atoms with Gasteiger partial charge in [0.1, 0.15) is 11.5 Å². The molecule has 1 aliphatic heterocycles. The molecule has 0 bridgehead atoms. The monoisotopic (exact) mass is 427 g/mol. The Labute approximate surface area is 187 Å². The van der Waals surface area contributed by atoms with Gasteiger partial charge in [0, 0.05) is 48.3 Å². The lowest BCUT2D eigenvalue weighted by Crippen LogP contribution is -2.24. The number of hydrogen-bond acceptors (Lipinski definition) is 5. The number of Topliss-reactive ketones (excluding diaryl/α,β-unsaturated/α-hetero) is 1. The Balaban J connectivity index is 1.36. The van der Waals surface area contributed by atoms with Gasteiger partial charge in [-0.1, -0.05) is 12.1 Å². The van der Waals surface area contributed by atoms with E-state index < -0.39 is 0 Å². The third-order valence-corrected chi connectivity index (χ3v) is 6.05. The number of rotatable bonds is 7. The highest BCUT2D eigenvalue weighted by molar-refractivity contribution is 5.94. The molecule has 0 N–H and O–H groups in total. The summed E-state index contributed by atoms with van der Waals surface area (Å²) in [6.45, 7) is 2.77. The molecule has 2 heterocycles. The van der Waals surface area contributed by atoms with Gasteiger partial charge >= 0.3 is 0 Å². The number of nitrogens with zero attached hydrogens (tertiary/aromatic N) is 3. The molecule has 2 aliphatic rings. The summed E-state index contributed by atoms with van der Waals surface area (Å²) in [6.07, 6.45) is 7.58. The highest BCUT2D eigenvalue weighted by Crippen LogP contribution is 2.38. The van der Waals surface area contributed by atoms with E-state index in [1.54, 1.807) is 12.1 Å². The van der Waals surface area contributed by atoms with Crippen molar-refractivity contribution in [3.8, 4) is 22.8 Å². The molecule has 1 amide bonds. The van der Waals surface area contributed by atoms with Crippen LogP contribution in [0.25, 0.3) is 11.3 Å². The Morgan fingerprint density at radius 1 is 1.09 bits per heavy atom. The van der Waals surface area contributed by atoms with Gasteiger partial charge in [0.2, 0.25) is 5.91 Å². The number of benzene rings is 2. The minimum absolute atomic E-state index is 0.0257. The van der Waals surface area contributed by atoms with Gasteiger partial charge in [0.25, 0.3) is 0 Å². The van der Waals surface area contributed by atoms with Crippen LogP contribution in [-0.2, 0) is 11.3 Å². The van der Waals surface area contributed by atoms with E-state index in [0.29, 0.717) is 35.9 Å². The number of ketones is 1. The van der Waals surface area contributed by atoms with Crippen molar-refractivity contribution in [2.75, 3.05) is 6.54 Å². The molecule has 32 heavy (non-hydrogen) atoms. The van der Waals surface area contributed by atoms with E-state index in [-0.39, 0.29) is 11.7 Å². The molecule has 2 aromatic carbocycles. The lowest BCUT2D eigenvalue weighted by Gasteiger charge is -2.19. The van der Waals surface area contributed by atoms with Gasteiger partial charge < -0.3 is 9.64 Å². The fourth-order valence-corrected chi connectivity index (χ4v) is 3.97.